The van der Waals surface area contributed by atoms with Crippen molar-refractivity contribution in [1.29, 1.82) is 0 Å². The topological polar surface area (TPSA) is 0 Å². The molecule has 0 radical (unpaired) electrons. The van der Waals surface area contributed by atoms with Crippen molar-refractivity contribution in [3.8, 4) is 0 Å². The van der Waals surface area contributed by atoms with Crippen LogP contribution in [-0.2, 0) is 0 Å². The van der Waals surface area contributed by atoms with Crippen molar-refractivity contribution in [3.05, 3.63) is 58.2 Å². The summed E-state index contributed by atoms with van der Waals surface area (Å²) in [4.78, 5) is 0. The molecule has 12 heteroatoms. The van der Waals surface area contributed by atoms with Gasteiger partial charge < -0.3 is 0 Å². The summed E-state index contributed by atoms with van der Waals surface area (Å²) in [5.74, 6) is -24.2. The van der Waals surface area contributed by atoms with E-state index < -0.39 is 100 Å². The van der Waals surface area contributed by atoms with Gasteiger partial charge in [-0.2, -0.15) is 0 Å². The Morgan fingerprint density at radius 1 is 0.455 bits per heavy atom. The van der Waals surface area contributed by atoms with Crippen LogP contribution in [0.25, 0.3) is 0 Å². The lowest BCUT2D eigenvalue weighted by Gasteiger charge is -2.43. The van der Waals surface area contributed by atoms with Crippen LogP contribution in [0.2, 0.25) is 0 Å². The third kappa shape index (κ3) is 4.89. The fraction of sp³-hybridized carbons (Fsp3) is 0.429. The van der Waals surface area contributed by atoms with E-state index in [1.165, 1.54) is 0 Å². The zero-order valence-electron chi connectivity index (χ0n) is 18.5. The summed E-state index contributed by atoms with van der Waals surface area (Å²) in [6, 6.07) is -0.626. The molecule has 0 saturated heterocycles. The van der Waals surface area contributed by atoms with Gasteiger partial charge in [-0.1, -0.05) is 41.5 Å². The van der Waals surface area contributed by atoms with Crippen LogP contribution >= 0.6 is 7.92 Å². The van der Waals surface area contributed by atoms with Gasteiger partial charge in [0.15, 0.2) is 58.2 Å². The number of halogens is 10. The largest absolute Gasteiger partial charge is 0.229 e. The summed E-state index contributed by atoms with van der Waals surface area (Å²) in [6.07, 6.45) is 0. The Morgan fingerprint density at radius 3 is 0.879 bits per heavy atom. The molecule has 2 aromatic rings. The number of hydrogen-bond acceptors (Lipinski definition) is 0. The number of rotatable bonds is 4. The lowest BCUT2D eigenvalue weighted by atomic mass is 9.41. The molecule has 0 fully saturated rings. The SMILES string of the molecule is CC(C)(C)P(CB(c1c(F)c(F)c(F)c(F)c1F)c1c(F)c(F)c(F)c(F)c1F)C(C)(C)C. The molecule has 0 atom stereocenters. The van der Waals surface area contributed by atoms with Crippen LogP contribution in [-0.4, -0.2) is 23.1 Å². The molecule has 0 aromatic heterocycles. The average Bonchev–Trinajstić information content (AvgIpc) is 2.69. The molecule has 0 aliphatic heterocycles. The number of hydrogen-bond donors (Lipinski definition) is 0. The van der Waals surface area contributed by atoms with Crippen LogP contribution < -0.4 is 10.9 Å². The minimum absolute atomic E-state index is 0.626. The molecule has 182 valence electrons. The summed E-state index contributed by atoms with van der Waals surface area (Å²) < 4.78 is 142. The van der Waals surface area contributed by atoms with Crippen molar-refractivity contribution >= 4 is 25.6 Å². The third-order valence-corrected chi connectivity index (χ3v) is 9.14. The Kier molecular flexibility index (Phi) is 7.59. The van der Waals surface area contributed by atoms with E-state index in [4.69, 9.17) is 0 Å². The van der Waals surface area contributed by atoms with Gasteiger partial charge in [0.2, 0.25) is 6.71 Å². The highest BCUT2D eigenvalue weighted by Crippen LogP contribution is 2.59. The molecule has 0 saturated carbocycles. The fourth-order valence-corrected chi connectivity index (χ4v) is 7.76. The van der Waals surface area contributed by atoms with Crippen molar-refractivity contribution < 1.29 is 43.9 Å². The molecule has 0 aliphatic carbocycles. The second-order valence-corrected chi connectivity index (χ2v) is 13.4. The highest BCUT2D eigenvalue weighted by Gasteiger charge is 2.44. The van der Waals surface area contributed by atoms with Gasteiger partial charge in [0.05, 0.1) is 0 Å². The third-order valence-electron chi connectivity index (χ3n) is 5.17. The Labute approximate surface area is 186 Å². The van der Waals surface area contributed by atoms with Gasteiger partial charge in [0, 0.05) is 10.9 Å². The summed E-state index contributed by atoms with van der Waals surface area (Å²) in [5.41, 5.74) is -3.31. The van der Waals surface area contributed by atoms with Crippen LogP contribution in [0.5, 0.6) is 0 Å². The van der Waals surface area contributed by atoms with E-state index in [9.17, 15) is 43.9 Å². The molecule has 0 amide bonds. The predicted molar refractivity (Wildman–Crippen MR) is 109 cm³/mol. The second kappa shape index (κ2) is 9.12. The maximum Gasteiger partial charge on any atom is 0.229 e. The normalized spacial score (nSPS) is 12.6. The zero-order chi connectivity index (χ0) is 25.8. The van der Waals surface area contributed by atoms with E-state index in [-0.39, 0.29) is 0 Å². The van der Waals surface area contributed by atoms with Crippen LogP contribution in [0, 0.1) is 58.2 Å². The smallest absolute Gasteiger partial charge is 0.204 e. The Balaban J connectivity index is 3.02. The second-order valence-electron chi connectivity index (χ2n) is 9.47. The molecule has 2 aromatic carbocycles. The Morgan fingerprint density at radius 2 is 0.667 bits per heavy atom. The maximum absolute atomic E-state index is 14.7. The molecule has 0 N–H and O–H groups in total. The fourth-order valence-electron chi connectivity index (χ4n) is 3.92. The van der Waals surface area contributed by atoms with Gasteiger partial charge in [0.25, 0.3) is 0 Å². The molecule has 0 spiro atoms. The van der Waals surface area contributed by atoms with Crippen molar-refractivity contribution in [2.24, 2.45) is 0 Å². The molecule has 2 rings (SSSR count). The van der Waals surface area contributed by atoms with E-state index in [0.717, 1.165) is 0 Å². The lowest BCUT2D eigenvalue weighted by Crippen LogP contribution is -2.54. The Hall–Kier alpha value is -1.77. The zero-order valence-corrected chi connectivity index (χ0v) is 19.4. The lowest BCUT2D eigenvalue weighted by molar-refractivity contribution is 0.382. The first-order chi connectivity index (χ1) is 14.8. The molecule has 0 unspecified atom stereocenters. The summed E-state index contributed by atoms with van der Waals surface area (Å²) >= 11 is 0. The Bertz CT molecular complexity index is 947. The van der Waals surface area contributed by atoms with E-state index in [1.54, 1.807) is 41.5 Å². The predicted octanol–water partition coefficient (Wildman–Crippen LogP) is 6.30. The molecule has 0 nitrogen and oxygen atoms in total. The van der Waals surface area contributed by atoms with Crippen molar-refractivity contribution in [2.75, 3.05) is 6.06 Å². The first-order valence-electron chi connectivity index (χ1n) is 9.64. The van der Waals surface area contributed by atoms with Gasteiger partial charge in [-0.15, -0.1) is 7.92 Å². The van der Waals surface area contributed by atoms with Crippen LogP contribution in [0.1, 0.15) is 41.5 Å². The van der Waals surface area contributed by atoms with Gasteiger partial charge in [0.1, 0.15) is 0 Å². The summed E-state index contributed by atoms with van der Waals surface area (Å²) in [7, 11) is -1.58. The molecular formula is C21H20BF10P. The van der Waals surface area contributed by atoms with Gasteiger partial charge in [-0.25, -0.2) is 43.9 Å². The van der Waals surface area contributed by atoms with Gasteiger partial charge in [-0.05, 0) is 16.4 Å². The minimum Gasteiger partial charge on any atom is -0.204 e. The van der Waals surface area contributed by atoms with Gasteiger partial charge >= 0.3 is 0 Å². The maximum atomic E-state index is 14.7. The first kappa shape index (κ1) is 27.5. The minimum atomic E-state index is -2.51. The first-order valence-corrected chi connectivity index (χ1v) is 11.2. The molecule has 0 heterocycles. The summed E-state index contributed by atoms with van der Waals surface area (Å²) in [6.45, 7) is 7.71. The van der Waals surface area contributed by atoms with E-state index in [2.05, 4.69) is 0 Å². The van der Waals surface area contributed by atoms with Crippen molar-refractivity contribution in [3.63, 3.8) is 0 Å². The van der Waals surface area contributed by atoms with Crippen LogP contribution in [0.3, 0.4) is 0 Å². The van der Waals surface area contributed by atoms with E-state index in [1.807, 2.05) is 0 Å². The van der Waals surface area contributed by atoms with Crippen LogP contribution in [0.4, 0.5) is 43.9 Å². The van der Waals surface area contributed by atoms with Crippen LogP contribution in [0.15, 0.2) is 0 Å². The molecule has 0 aliphatic rings. The van der Waals surface area contributed by atoms with Crippen molar-refractivity contribution in [1.82, 2.24) is 0 Å². The number of benzene rings is 2. The highest BCUT2D eigenvalue weighted by molar-refractivity contribution is 7.63. The highest BCUT2D eigenvalue weighted by atomic mass is 31.1. The monoisotopic (exact) mass is 504 g/mol. The van der Waals surface area contributed by atoms with Gasteiger partial charge in [-0.3, -0.25) is 0 Å². The quantitative estimate of drug-likeness (QED) is 0.151. The molecule has 33 heavy (non-hydrogen) atoms. The molecular weight excluding hydrogens is 484 g/mol. The van der Waals surface area contributed by atoms with Crippen molar-refractivity contribution in [2.45, 2.75) is 51.9 Å². The standard InChI is InChI=1S/C21H20BF10P/c1-20(2,3)33(21(4,5)6)7-22(8-10(23)14(27)18(31)15(28)11(8)24)9-12(25)16(29)19(32)17(30)13(9)26/h7H2,1-6H3. The molecule has 0 bridgehead atoms. The average molecular weight is 504 g/mol. The summed E-state index contributed by atoms with van der Waals surface area (Å²) in [5, 5.41) is -1.42. The van der Waals surface area contributed by atoms with E-state index in [0.29, 0.717) is 0 Å². The van der Waals surface area contributed by atoms with E-state index >= 15 is 0 Å².